The Kier molecular flexibility index (Phi) is 4.09. The molecule has 0 aliphatic carbocycles. The minimum atomic E-state index is 0.976. The van der Waals surface area contributed by atoms with Crippen LogP contribution < -0.4 is 0 Å². The molecule has 0 bridgehead atoms. The van der Waals surface area contributed by atoms with Crippen LogP contribution in [0.4, 0.5) is 0 Å². The summed E-state index contributed by atoms with van der Waals surface area (Å²) in [5, 5.41) is 0. The number of rotatable bonds is 3. The molecular formula is C9H11Br2N. The molecule has 0 N–H and O–H groups in total. The first-order chi connectivity index (χ1) is 5.72. The first-order valence-electron chi connectivity index (χ1n) is 3.91. The third-order valence-electron chi connectivity index (χ3n) is 1.53. The number of aromatic nitrogens is 1. The third-order valence-corrected chi connectivity index (χ3v) is 1.99. The van der Waals surface area contributed by atoms with Gasteiger partial charge in [-0.2, -0.15) is 0 Å². The molecule has 1 heterocycles. The van der Waals surface area contributed by atoms with Crippen LogP contribution in [0.1, 0.15) is 18.9 Å². The summed E-state index contributed by atoms with van der Waals surface area (Å²) in [7, 11) is 0. The van der Waals surface area contributed by atoms with E-state index in [2.05, 4.69) is 61.8 Å². The van der Waals surface area contributed by atoms with Gasteiger partial charge < -0.3 is 4.57 Å². The van der Waals surface area contributed by atoms with Crippen LogP contribution in [0.2, 0.25) is 0 Å². The van der Waals surface area contributed by atoms with E-state index in [0.717, 1.165) is 9.94 Å². The highest BCUT2D eigenvalue weighted by Gasteiger charge is 1.92. The molecule has 0 saturated carbocycles. The molecule has 1 rings (SSSR count). The molecule has 0 spiro atoms. The smallest absolute Gasteiger partial charge is 0.0610 e. The Morgan fingerprint density at radius 1 is 1.58 bits per heavy atom. The molecule has 1 aromatic heterocycles. The molecular weight excluding hydrogens is 282 g/mol. The van der Waals surface area contributed by atoms with Crippen LogP contribution in [-0.4, -0.2) is 4.57 Å². The summed E-state index contributed by atoms with van der Waals surface area (Å²) in [4.78, 5) is 0. The van der Waals surface area contributed by atoms with Gasteiger partial charge in [0.05, 0.1) is 3.39 Å². The molecule has 1 aromatic rings. The SMILES string of the molecule is CCCn1ccc(C=C(Br)Br)c1. The predicted octanol–water partition coefficient (Wildman–Crippen LogP) is 3.99. The van der Waals surface area contributed by atoms with E-state index in [1.165, 1.54) is 12.0 Å². The van der Waals surface area contributed by atoms with Gasteiger partial charge in [0, 0.05) is 18.9 Å². The first-order valence-corrected chi connectivity index (χ1v) is 5.49. The van der Waals surface area contributed by atoms with Crippen molar-refractivity contribution >= 4 is 37.9 Å². The van der Waals surface area contributed by atoms with Gasteiger partial charge in [0.25, 0.3) is 0 Å². The van der Waals surface area contributed by atoms with Crippen molar-refractivity contribution in [3.63, 3.8) is 0 Å². The quantitative estimate of drug-likeness (QED) is 0.794. The molecule has 0 aromatic carbocycles. The van der Waals surface area contributed by atoms with Gasteiger partial charge in [-0.1, -0.05) is 6.92 Å². The molecule has 0 amide bonds. The largest absolute Gasteiger partial charge is 0.354 e. The minimum absolute atomic E-state index is 0.976. The summed E-state index contributed by atoms with van der Waals surface area (Å²) in [5.41, 5.74) is 1.22. The molecule has 0 saturated heterocycles. The lowest BCUT2D eigenvalue weighted by molar-refractivity contribution is 0.683. The maximum Gasteiger partial charge on any atom is 0.0610 e. The molecule has 0 unspecified atom stereocenters. The molecule has 1 nitrogen and oxygen atoms in total. The van der Waals surface area contributed by atoms with Gasteiger partial charge >= 0.3 is 0 Å². The van der Waals surface area contributed by atoms with Crippen LogP contribution in [0.5, 0.6) is 0 Å². The second kappa shape index (κ2) is 4.87. The monoisotopic (exact) mass is 291 g/mol. The highest BCUT2D eigenvalue weighted by atomic mass is 79.9. The van der Waals surface area contributed by atoms with Crippen molar-refractivity contribution in [3.8, 4) is 0 Å². The summed E-state index contributed by atoms with van der Waals surface area (Å²) in [5.74, 6) is 0. The van der Waals surface area contributed by atoms with Gasteiger partial charge in [-0.05, 0) is 56.0 Å². The highest BCUT2D eigenvalue weighted by Crippen LogP contribution is 2.18. The van der Waals surface area contributed by atoms with Crippen molar-refractivity contribution in [1.82, 2.24) is 4.57 Å². The van der Waals surface area contributed by atoms with E-state index >= 15 is 0 Å². The van der Waals surface area contributed by atoms with Gasteiger partial charge in [-0.3, -0.25) is 0 Å². The Bertz CT molecular complexity index is 272. The summed E-state index contributed by atoms with van der Waals surface area (Å²) in [6, 6.07) is 2.10. The molecule has 3 heteroatoms. The number of aryl methyl sites for hydroxylation is 1. The molecule has 0 radical (unpaired) electrons. The van der Waals surface area contributed by atoms with Crippen molar-refractivity contribution < 1.29 is 0 Å². The number of hydrogen-bond donors (Lipinski definition) is 0. The van der Waals surface area contributed by atoms with Crippen LogP contribution in [0.25, 0.3) is 6.08 Å². The number of hydrogen-bond acceptors (Lipinski definition) is 0. The van der Waals surface area contributed by atoms with E-state index in [0.29, 0.717) is 0 Å². The van der Waals surface area contributed by atoms with Crippen molar-refractivity contribution in [2.45, 2.75) is 19.9 Å². The molecule has 0 aliphatic heterocycles. The van der Waals surface area contributed by atoms with E-state index in [4.69, 9.17) is 0 Å². The predicted molar refractivity (Wildman–Crippen MR) is 60.6 cm³/mol. The fourth-order valence-corrected chi connectivity index (χ4v) is 1.60. The lowest BCUT2D eigenvalue weighted by atomic mass is 10.3. The molecule has 0 fully saturated rings. The zero-order valence-corrected chi connectivity index (χ0v) is 10.1. The van der Waals surface area contributed by atoms with E-state index in [9.17, 15) is 0 Å². The van der Waals surface area contributed by atoms with Crippen LogP contribution in [0.15, 0.2) is 21.9 Å². The fraction of sp³-hybridized carbons (Fsp3) is 0.333. The van der Waals surface area contributed by atoms with Crippen molar-refractivity contribution in [2.75, 3.05) is 0 Å². The zero-order chi connectivity index (χ0) is 8.97. The van der Waals surface area contributed by atoms with Gasteiger partial charge in [0.15, 0.2) is 0 Å². The Hall–Kier alpha value is -0.0200. The maximum atomic E-state index is 3.33. The van der Waals surface area contributed by atoms with Crippen molar-refractivity contribution in [1.29, 1.82) is 0 Å². The lowest BCUT2D eigenvalue weighted by Gasteiger charge is -1.96. The van der Waals surface area contributed by atoms with Crippen LogP contribution >= 0.6 is 31.9 Å². The van der Waals surface area contributed by atoms with Crippen LogP contribution in [-0.2, 0) is 6.54 Å². The first kappa shape index (κ1) is 10.1. The number of halogens is 2. The Labute approximate surface area is 89.7 Å². The zero-order valence-electron chi connectivity index (χ0n) is 6.93. The Morgan fingerprint density at radius 2 is 2.33 bits per heavy atom. The van der Waals surface area contributed by atoms with Gasteiger partial charge in [0.2, 0.25) is 0 Å². The molecule has 12 heavy (non-hydrogen) atoms. The van der Waals surface area contributed by atoms with Gasteiger partial charge in [-0.25, -0.2) is 0 Å². The topological polar surface area (TPSA) is 4.93 Å². The Morgan fingerprint density at radius 3 is 2.92 bits per heavy atom. The second-order valence-corrected chi connectivity index (χ2v) is 5.39. The molecule has 0 aliphatic rings. The summed E-state index contributed by atoms with van der Waals surface area (Å²) in [6.45, 7) is 3.27. The third kappa shape index (κ3) is 3.15. The van der Waals surface area contributed by atoms with Gasteiger partial charge in [-0.15, -0.1) is 0 Å². The van der Waals surface area contributed by atoms with E-state index in [1.54, 1.807) is 0 Å². The Balaban J connectivity index is 2.71. The van der Waals surface area contributed by atoms with E-state index in [-0.39, 0.29) is 0 Å². The maximum absolute atomic E-state index is 3.33. The van der Waals surface area contributed by atoms with E-state index in [1.807, 2.05) is 6.08 Å². The highest BCUT2D eigenvalue weighted by molar-refractivity contribution is 9.28. The fourth-order valence-electron chi connectivity index (χ4n) is 1.07. The van der Waals surface area contributed by atoms with Crippen LogP contribution in [0, 0.1) is 0 Å². The molecule has 0 atom stereocenters. The summed E-state index contributed by atoms with van der Waals surface area (Å²) in [6.07, 6.45) is 7.43. The minimum Gasteiger partial charge on any atom is -0.354 e. The normalized spacial score (nSPS) is 9.92. The average molecular weight is 293 g/mol. The average Bonchev–Trinajstić information content (AvgIpc) is 2.36. The summed E-state index contributed by atoms with van der Waals surface area (Å²) < 4.78 is 3.17. The second-order valence-electron chi connectivity index (χ2n) is 2.62. The van der Waals surface area contributed by atoms with Crippen LogP contribution in [0.3, 0.4) is 0 Å². The standard InChI is InChI=1S/C9H11Br2N/c1-2-4-12-5-3-8(7-12)6-9(10)11/h3,5-7H,2,4H2,1H3. The summed E-state index contributed by atoms with van der Waals surface area (Å²) >= 11 is 6.66. The van der Waals surface area contributed by atoms with Crippen molar-refractivity contribution in [2.24, 2.45) is 0 Å². The number of nitrogens with zero attached hydrogens (tertiary/aromatic N) is 1. The lowest BCUT2D eigenvalue weighted by Crippen LogP contribution is -1.90. The van der Waals surface area contributed by atoms with E-state index < -0.39 is 0 Å². The van der Waals surface area contributed by atoms with Gasteiger partial charge in [0.1, 0.15) is 0 Å². The molecule has 66 valence electrons. The van der Waals surface area contributed by atoms with Crippen molar-refractivity contribution in [3.05, 3.63) is 27.4 Å².